The molecule has 4 aliphatic rings. The highest BCUT2D eigenvalue weighted by atomic mass is 19.4. The van der Waals surface area contributed by atoms with Crippen LogP contribution in [0.25, 0.3) is 0 Å². The zero-order valence-electron chi connectivity index (χ0n) is 24.9. The second kappa shape index (κ2) is 11.6. The van der Waals surface area contributed by atoms with E-state index in [9.17, 15) is 33.0 Å². The number of nitrogens with one attached hydrogen (secondary N) is 1. The molecule has 3 saturated heterocycles. The van der Waals surface area contributed by atoms with Gasteiger partial charge in [-0.25, -0.2) is 0 Å². The molecule has 44 heavy (non-hydrogen) atoms. The molecule has 238 valence electrons. The topological polar surface area (TPSA) is 109 Å². The fourth-order valence-corrected chi connectivity index (χ4v) is 7.66. The third kappa shape index (κ3) is 6.16. The van der Waals surface area contributed by atoms with Crippen LogP contribution in [0.15, 0.2) is 42.6 Å². The Morgan fingerprint density at radius 1 is 1.00 bits per heavy atom. The fourth-order valence-electron chi connectivity index (χ4n) is 7.66. The van der Waals surface area contributed by atoms with Crippen LogP contribution in [0.1, 0.15) is 73.5 Å². The first kappa shape index (κ1) is 30.8. The van der Waals surface area contributed by atoms with E-state index in [-0.39, 0.29) is 30.1 Å². The van der Waals surface area contributed by atoms with Gasteiger partial charge in [0.15, 0.2) is 0 Å². The van der Waals surface area contributed by atoms with Crippen LogP contribution < -0.4 is 10.2 Å². The van der Waals surface area contributed by atoms with E-state index in [0.29, 0.717) is 44.1 Å². The number of fused-ring (bicyclic) bond motifs is 1. The normalized spacial score (nSPS) is 30.9. The van der Waals surface area contributed by atoms with Crippen LogP contribution in [-0.4, -0.2) is 93.3 Å². The molecule has 3 atom stereocenters. The molecule has 12 heteroatoms. The molecule has 3 N–H and O–H groups in total. The molecule has 4 fully saturated rings. The molecule has 1 aromatic carbocycles. The second-order valence-electron chi connectivity index (χ2n) is 13.1. The van der Waals surface area contributed by atoms with Gasteiger partial charge in [0, 0.05) is 49.9 Å². The van der Waals surface area contributed by atoms with Crippen LogP contribution in [0.3, 0.4) is 0 Å². The Morgan fingerprint density at radius 3 is 2.41 bits per heavy atom. The highest BCUT2D eigenvalue weighted by Gasteiger charge is 2.48. The number of amides is 2. The third-order valence-corrected chi connectivity index (χ3v) is 10.1. The van der Waals surface area contributed by atoms with E-state index in [2.05, 4.69) is 20.1 Å². The maximum Gasteiger partial charge on any atom is 0.416 e. The van der Waals surface area contributed by atoms with Gasteiger partial charge in [-0.05, 0) is 82.2 Å². The number of carbonyl (C=O) groups excluding carboxylic acids is 2. The minimum absolute atomic E-state index is 0.0364. The molecule has 4 heterocycles. The number of β-amino-alcohol motifs (C(OH)–C–C–N with tert-alkyl or cyclic N) is 1. The van der Waals surface area contributed by atoms with Crippen LogP contribution in [0.2, 0.25) is 0 Å². The zero-order valence-corrected chi connectivity index (χ0v) is 24.9. The van der Waals surface area contributed by atoms with E-state index in [1.54, 1.807) is 6.20 Å². The van der Waals surface area contributed by atoms with Crippen molar-refractivity contribution < 1.29 is 33.0 Å². The molecule has 1 saturated carbocycles. The summed E-state index contributed by atoms with van der Waals surface area (Å²) >= 11 is 0. The molecule has 3 aliphatic heterocycles. The number of pyridine rings is 1. The first-order chi connectivity index (χ1) is 20.8. The van der Waals surface area contributed by atoms with Crippen molar-refractivity contribution in [3.05, 3.63) is 59.4 Å². The summed E-state index contributed by atoms with van der Waals surface area (Å²) in [5, 5.41) is 24.3. The van der Waals surface area contributed by atoms with Crippen molar-refractivity contribution in [3.8, 4) is 0 Å². The Kier molecular flexibility index (Phi) is 8.13. The lowest BCUT2D eigenvalue weighted by Gasteiger charge is -2.41. The van der Waals surface area contributed by atoms with Gasteiger partial charge in [-0.2, -0.15) is 13.2 Å². The minimum atomic E-state index is -4.55. The largest absolute Gasteiger partial charge is 0.416 e. The summed E-state index contributed by atoms with van der Waals surface area (Å²) in [5.74, 6) is -0.943. The van der Waals surface area contributed by atoms with Gasteiger partial charge in [0.2, 0.25) is 5.91 Å². The highest BCUT2D eigenvalue weighted by Crippen LogP contribution is 2.42. The molecule has 2 aromatic rings. The highest BCUT2D eigenvalue weighted by molar-refractivity contribution is 5.96. The SMILES string of the molecule is CC1(O)CCN(c2ccc(C3(O)CCC(N4CCC5C4CCN5C(=O)CNC(=O)c4cccc(C(F)(F)F)c4)CC3)nc2)C1. The number of alkyl halides is 3. The number of carbonyl (C=O) groups is 2. The number of anilines is 1. The van der Waals surface area contributed by atoms with Gasteiger partial charge in [0.05, 0.1) is 35.3 Å². The van der Waals surface area contributed by atoms with E-state index >= 15 is 0 Å². The van der Waals surface area contributed by atoms with Gasteiger partial charge < -0.3 is 25.3 Å². The first-order valence-electron chi connectivity index (χ1n) is 15.5. The van der Waals surface area contributed by atoms with Crippen LogP contribution in [0, 0.1) is 0 Å². The fraction of sp³-hybridized carbons (Fsp3) is 0.594. The monoisotopic (exact) mass is 615 g/mol. The van der Waals surface area contributed by atoms with Crippen molar-refractivity contribution in [1.82, 2.24) is 20.1 Å². The number of likely N-dealkylation sites (tertiary alicyclic amines) is 2. The van der Waals surface area contributed by atoms with E-state index in [4.69, 9.17) is 0 Å². The summed E-state index contributed by atoms with van der Waals surface area (Å²) in [7, 11) is 0. The van der Waals surface area contributed by atoms with Crippen molar-refractivity contribution >= 4 is 17.5 Å². The molecule has 0 radical (unpaired) electrons. The Balaban J connectivity index is 1.00. The van der Waals surface area contributed by atoms with Gasteiger partial charge in [-0.15, -0.1) is 0 Å². The van der Waals surface area contributed by atoms with Crippen molar-refractivity contribution in [2.75, 3.05) is 37.6 Å². The summed E-state index contributed by atoms with van der Waals surface area (Å²) in [6.45, 7) is 4.34. The minimum Gasteiger partial charge on any atom is -0.388 e. The molecule has 9 nitrogen and oxygen atoms in total. The lowest BCUT2D eigenvalue weighted by atomic mass is 9.79. The molecule has 3 unspecified atom stereocenters. The van der Waals surface area contributed by atoms with Crippen molar-refractivity contribution in [3.63, 3.8) is 0 Å². The summed E-state index contributed by atoms with van der Waals surface area (Å²) in [6, 6.07) is 8.60. The summed E-state index contributed by atoms with van der Waals surface area (Å²) in [6.07, 6.45) is 2.43. The second-order valence-corrected chi connectivity index (χ2v) is 13.1. The van der Waals surface area contributed by atoms with Crippen LogP contribution in [0.5, 0.6) is 0 Å². The summed E-state index contributed by atoms with van der Waals surface area (Å²) in [5.41, 5.74) is -1.10. The molecular formula is C32H40F3N5O4. The smallest absolute Gasteiger partial charge is 0.388 e. The van der Waals surface area contributed by atoms with Crippen LogP contribution in [0.4, 0.5) is 18.9 Å². The molecule has 1 aromatic heterocycles. The molecule has 1 aliphatic carbocycles. The lowest BCUT2D eigenvalue weighted by molar-refractivity contribution is -0.137. The predicted octanol–water partition coefficient (Wildman–Crippen LogP) is 3.30. The number of aliphatic hydroxyl groups is 2. The van der Waals surface area contributed by atoms with Gasteiger partial charge >= 0.3 is 6.18 Å². The van der Waals surface area contributed by atoms with Gasteiger partial charge in [-0.1, -0.05) is 6.07 Å². The number of hydrogen-bond donors (Lipinski definition) is 3. The average Bonchev–Trinajstić information content (AvgIpc) is 3.71. The number of benzene rings is 1. The third-order valence-electron chi connectivity index (χ3n) is 10.1. The Labute approximate surface area is 255 Å². The molecule has 6 rings (SSSR count). The zero-order chi connectivity index (χ0) is 31.3. The average molecular weight is 616 g/mol. The quantitative estimate of drug-likeness (QED) is 0.458. The van der Waals surface area contributed by atoms with Crippen molar-refractivity contribution in [2.24, 2.45) is 0 Å². The maximum atomic E-state index is 13.1. The Bertz CT molecular complexity index is 1380. The summed E-state index contributed by atoms with van der Waals surface area (Å²) < 4.78 is 39.1. The van der Waals surface area contributed by atoms with E-state index in [1.165, 1.54) is 12.1 Å². The number of aromatic nitrogens is 1. The van der Waals surface area contributed by atoms with E-state index in [0.717, 1.165) is 56.6 Å². The Hall–Kier alpha value is -3.22. The molecular weight excluding hydrogens is 575 g/mol. The number of hydrogen-bond acceptors (Lipinski definition) is 7. The molecule has 0 bridgehead atoms. The number of halogens is 3. The Morgan fingerprint density at radius 2 is 1.75 bits per heavy atom. The van der Waals surface area contributed by atoms with E-state index in [1.807, 2.05) is 24.0 Å². The molecule has 0 spiro atoms. The maximum absolute atomic E-state index is 13.1. The first-order valence-corrected chi connectivity index (χ1v) is 15.5. The van der Waals surface area contributed by atoms with Gasteiger partial charge in [0.1, 0.15) is 5.60 Å². The van der Waals surface area contributed by atoms with Gasteiger partial charge in [-0.3, -0.25) is 19.5 Å². The standard InChI is InChI=1S/C32H40F3N5O4/c1-30(43)13-16-38(20-30)24-5-6-27(36-18-24)31(44)11-7-23(8-12-31)39-14-9-26-25(39)10-15-40(26)28(41)19-37-29(42)21-3-2-4-22(17-21)32(33,34)35/h2-6,17-18,23,25-26,43-44H,7-16,19-20H2,1H3,(H,37,42). The van der Waals surface area contributed by atoms with Crippen molar-refractivity contribution in [2.45, 2.75) is 87.4 Å². The number of rotatable bonds is 6. The summed E-state index contributed by atoms with van der Waals surface area (Å²) in [4.78, 5) is 36.6. The van der Waals surface area contributed by atoms with Crippen molar-refractivity contribution in [1.29, 1.82) is 0 Å². The van der Waals surface area contributed by atoms with E-state index < -0.39 is 28.8 Å². The predicted molar refractivity (Wildman–Crippen MR) is 157 cm³/mol. The van der Waals surface area contributed by atoms with Crippen LogP contribution in [-0.2, 0) is 16.6 Å². The lowest BCUT2D eigenvalue weighted by Crippen LogP contribution is -2.47. The number of nitrogens with zero attached hydrogens (tertiary/aromatic N) is 4. The van der Waals surface area contributed by atoms with Crippen LogP contribution >= 0.6 is 0 Å². The van der Waals surface area contributed by atoms with Gasteiger partial charge in [0.25, 0.3) is 5.91 Å². The molecule has 2 amide bonds.